The van der Waals surface area contributed by atoms with Crippen molar-refractivity contribution in [2.45, 2.75) is 13.8 Å². The summed E-state index contributed by atoms with van der Waals surface area (Å²) in [6.45, 7) is 7.36. The lowest BCUT2D eigenvalue weighted by atomic mass is 10.2. The average molecular weight is 452 g/mol. The maximum atomic E-state index is 12.8. The number of amides is 2. The highest BCUT2D eigenvalue weighted by Gasteiger charge is 2.25. The number of fused-ring (bicyclic) bond motifs is 1. The molecule has 0 bridgehead atoms. The molecule has 4 rings (SSSR count). The van der Waals surface area contributed by atoms with Gasteiger partial charge in [0.05, 0.1) is 25.4 Å². The van der Waals surface area contributed by atoms with Crippen LogP contribution in [0.4, 0.5) is 5.69 Å². The first-order valence-electron chi connectivity index (χ1n) is 11.3. The van der Waals surface area contributed by atoms with E-state index < -0.39 is 0 Å². The molecule has 8 heteroatoms. The molecule has 1 saturated heterocycles. The van der Waals surface area contributed by atoms with Crippen molar-refractivity contribution in [3.05, 3.63) is 54.3 Å². The zero-order valence-electron chi connectivity index (χ0n) is 19.0. The lowest BCUT2D eigenvalue weighted by Gasteiger charge is -2.33. The van der Waals surface area contributed by atoms with E-state index in [9.17, 15) is 9.59 Å². The van der Waals surface area contributed by atoms with E-state index in [1.165, 1.54) is 0 Å². The van der Waals surface area contributed by atoms with Gasteiger partial charge in [0.1, 0.15) is 17.1 Å². The van der Waals surface area contributed by atoms with Crippen LogP contribution in [0.1, 0.15) is 24.4 Å². The van der Waals surface area contributed by atoms with Crippen LogP contribution in [-0.2, 0) is 4.79 Å². The van der Waals surface area contributed by atoms with Crippen LogP contribution in [0, 0.1) is 0 Å². The van der Waals surface area contributed by atoms with Crippen LogP contribution in [0.15, 0.2) is 52.9 Å². The minimum Gasteiger partial charge on any atom is -0.494 e. The van der Waals surface area contributed by atoms with Gasteiger partial charge in [-0.2, -0.15) is 0 Å². The number of ether oxygens (including phenoxy) is 2. The predicted molar refractivity (Wildman–Crippen MR) is 126 cm³/mol. The van der Waals surface area contributed by atoms with Gasteiger partial charge in [0.15, 0.2) is 5.76 Å². The van der Waals surface area contributed by atoms with Crippen LogP contribution < -0.4 is 14.8 Å². The Morgan fingerprint density at radius 1 is 0.970 bits per heavy atom. The van der Waals surface area contributed by atoms with Gasteiger partial charge < -0.3 is 24.1 Å². The van der Waals surface area contributed by atoms with Gasteiger partial charge in [-0.1, -0.05) is 18.2 Å². The number of para-hydroxylation sites is 1. The third-order valence-corrected chi connectivity index (χ3v) is 5.50. The summed E-state index contributed by atoms with van der Waals surface area (Å²) in [4.78, 5) is 29.3. The summed E-state index contributed by atoms with van der Waals surface area (Å²) in [6.07, 6.45) is 0. The fourth-order valence-corrected chi connectivity index (χ4v) is 3.89. The van der Waals surface area contributed by atoms with E-state index in [4.69, 9.17) is 13.9 Å². The van der Waals surface area contributed by atoms with Crippen molar-refractivity contribution in [3.8, 4) is 11.5 Å². The summed E-state index contributed by atoms with van der Waals surface area (Å²) in [5, 5.41) is 3.85. The second kappa shape index (κ2) is 10.4. The molecule has 1 aliphatic heterocycles. The molecule has 0 saturated carbocycles. The minimum absolute atomic E-state index is 0.121. The molecule has 1 fully saturated rings. The fraction of sp³-hybridized carbons (Fsp3) is 0.360. The first-order chi connectivity index (χ1) is 16.1. The zero-order chi connectivity index (χ0) is 23.2. The van der Waals surface area contributed by atoms with Gasteiger partial charge >= 0.3 is 0 Å². The Morgan fingerprint density at radius 2 is 1.73 bits per heavy atom. The smallest absolute Gasteiger partial charge is 0.289 e. The fourth-order valence-electron chi connectivity index (χ4n) is 3.89. The average Bonchev–Trinajstić information content (AvgIpc) is 3.25. The number of nitrogens with zero attached hydrogens (tertiary/aromatic N) is 2. The molecule has 174 valence electrons. The van der Waals surface area contributed by atoms with Crippen LogP contribution >= 0.6 is 0 Å². The number of piperazine rings is 1. The third-order valence-electron chi connectivity index (χ3n) is 5.50. The van der Waals surface area contributed by atoms with E-state index in [1.54, 1.807) is 23.1 Å². The number of nitrogens with one attached hydrogen (secondary N) is 1. The Morgan fingerprint density at radius 3 is 2.45 bits per heavy atom. The molecule has 0 radical (unpaired) electrons. The number of carbonyl (C=O) groups is 2. The first-order valence-corrected chi connectivity index (χ1v) is 11.3. The Balaban J connectivity index is 1.32. The van der Waals surface area contributed by atoms with Crippen molar-refractivity contribution in [1.29, 1.82) is 0 Å². The van der Waals surface area contributed by atoms with E-state index in [0.29, 0.717) is 67.9 Å². The number of anilines is 1. The van der Waals surface area contributed by atoms with E-state index in [-0.39, 0.29) is 18.4 Å². The minimum atomic E-state index is -0.137. The normalized spacial score (nSPS) is 14.3. The maximum absolute atomic E-state index is 12.8. The number of carbonyl (C=O) groups excluding carboxylic acids is 2. The lowest BCUT2D eigenvalue weighted by Crippen LogP contribution is -2.50. The Hall–Kier alpha value is -3.52. The number of hydrogen-bond acceptors (Lipinski definition) is 6. The molecule has 3 aromatic rings. The molecule has 1 N–H and O–H groups in total. The largest absolute Gasteiger partial charge is 0.494 e. The molecule has 33 heavy (non-hydrogen) atoms. The predicted octanol–water partition coefficient (Wildman–Crippen LogP) is 3.63. The van der Waals surface area contributed by atoms with Gasteiger partial charge in [-0.15, -0.1) is 0 Å². The highest BCUT2D eigenvalue weighted by atomic mass is 16.5. The lowest BCUT2D eigenvalue weighted by molar-refractivity contribution is -0.117. The summed E-state index contributed by atoms with van der Waals surface area (Å²) >= 11 is 0. The Labute approximate surface area is 193 Å². The van der Waals surface area contributed by atoms with Crippen molar-refractivity contribution < 1.29 is 23.5 Å². The van der Waals surface area contributed by atoms with Crippen molar-refractivity contribution in [2.75, 3.05) is 51.3 Å². The van der Waals surface area contributed by atoms with Crippen LogP contribution in [0.5, 0.6) is 11.5 Å². The molecule has 1 aliphatic rings. The van der Waals surface area contributed by atoms with Crippen LogP contribution in [-0.4, -0.2) is 67.6 Å². The van der Waals surface area contributed by atoms with E-state index in [0.717, 1.165) is 5.39 Å². The number of rotatable bonds is 8. The van der Waals surface area contributed by atoms with Crippen molar-refractivity contribution in [3.63, 3.8) is 0 Å². The standard InChI is InChI=1S/C25H29N3O5/c1-3-31-19-9-10-22(32-4-2)20(16-19)26-24(29)17-27-11-13-28(14-12-27)25(30)23-15-18-7-5-6-8-21(18)33-23/h5-10,15-16H,3-4,11-14,17H2,1-2H3,(H,26,29). The summed E-state index contributed by atoms with van der Waals surface area (Å²) in [5.41, 5.74) is 1.29. The topological polar surface area (TPSA) is 84.3 Å². The van der Waals surface area contributed by atoms with Crippen molar-refractivity contribution in [1.82, 2.24) is 9.80 Å². The van der Waals surface area contributed by atoms with Gasteiger partial charge in [-0.05, 0) is 38.1 Å². The van der Waals surface area contributed by atoms with Crippen LogP contribution in [0.3, 0.4) is 0 Å². The molecule has 2 heterocycles. The van der Waals surface area contributed by atoms with Gasteiger partial charge in [0.2, 0.25) is 5.91 Å². The quantitative estimate of drug-likeness (QED) is 0.563. The van der Waals surface area contributed by atoms with Crippen LogP contribution in [0.25, 0.3) is 11.0 Å². The van der Waals surface area contributed by atoms with Gasteiger partial charge in [-0.25, -0.2) is 0 Å². The monoisotopic (exact) mass is 451 g/mol. The highest BCUT2D eigenvalue weighted by molar-refractivity contribution is 5.96. The molecule has 0 unspecified atom stereocenters. The van der Waals surface area contributed by atoms with Gasteiger partial charge in [0, 0.05) is 37.6 Å². The molecule has 0 aliphatic carbocycles. The number of furan rings is 1. The second-order valence-corrected chi connectivity index (χ2v) is 7.79. The van der Waals surface area contributed by atoms with Gasteiger partial charge in [0.25, 0.3) is 5.91 Å². The summed E-state index contributed by atoms with van der Waals surface area (Å²) in [7, 11) is 0. The van der Waals surface area contributed by atoms with Gasteiger partial charge in [-0.3, -0.25) is 14.5 Å². The summed E-state index contributed by atoms with van der Waals surface area (Å²) < 4.78 is 16.9. The Bertz CT molecular complexity index is 1090. The molecule has 8 nitrogen and oxygen atoms in total. The third kappa shape index (κ3) is 5.46. The van der Waals surface area contributed by atoms with E-state index >= 15 is 0 Å². The Kier molecular flexibility index (Phi) is 7.14. The molecule has 2 amide bonds. The van der Waals surface area contributed by atoms with Crippen molar-refractivity contribution >= 4 is 28.5 Å². The molecular weight excluding hydrogens is 422 g/mol. The second-order valence-electron chi connectivity index (χ2n) is 7.79. The molecule has 1 aromatic heterocycles. The van der Waals surface area contributed by atoms with E-state index in [2.05, 4.69) is 5.32 Å². The van der Waals surface area contributed by atoms with Crippen LogP contribution in [0.2, 0.25) is 0 Å². The summed E-state index contributed by atoms with van der Waals surface area (Å²) in [5.74, 6) is 1.37. The maximum Gasteiger partial charge on any atom is 0.289 e. The number of hydrogen-bond donors (Lipinski definition) is 1. The number of benzene rings is 2. The molecule has 0 atom stereocenters. The molecule has 0 spiro atoms. The summed E-state index contributed by atoms with van der Waals surface area (Å²) in [6, 6.07) is 14.8. The molecule has 2 aromatic carbocycles. The van der Waals surface area contributed by atoms with E-state index in [1.807, 2.05) is 49.1 Å². The van der Waals surface area contributed by atoms with Crippen molar-refractivity contribution in [2.24, 2.45) is 0 Å². The SMILES string of the molecule is CCOc1ccc(OCC)c(NC(=O)CN2CCN(C(=O)c3cc4ccccc4o3)CC2)c1. The zero-order valence-corrected chi connectivity index (χ0v) is 19.0. The highest BCUT2D eigenvalue weighted by Crippen LogP contribution is 2.29. The first kappa shape index (κ1) is 22.7. The molecular formula is C25H29N3O5.